The molecule has 2 fully saturated rings. The Kier molecular flexibility index (Phi) is 9.11. The molecule has 0 amide bonds. The molecule has 10 unspecified atom stereocenters. The third-order valence-electron chi connectivity index (χ3n) is 5.43. The minimum atomic E-state index is -1.71. The highest BCUT2D eigenvalue weighted by atomic mass is 16.7. The first-order chi connectivity index (χ1) is 15.4. The molecule has 0 aromatic heterocycles. The fourth-order valence-electron chi connectivity index (χ4n) is 3.59. The fourth-order valence-corrected chi connectivity index (χ4v) is 3.59. The van der Waals surface area contributed by atoms with Crippen LogP contribution in [0.15, 0.2) is 36.4 Å². The molecule has 1 aromatic rings. The van der Waals surface area contributed by atoms with E-state index in [1.165, 1.54) is 0 Å². The highest BCUT2D eigenvalue weighted by molar-refractivity contribution is 5.48. The smallest absolute Gasteiger partial charge is 0.187 e. The molecule has 11 heteroatoms. The SMILES string of the molecule is OCC1OC(OC2C(CO)OC(OCC=Cc3ccccc3)C(O)C2O)C(O)C(O)C1O. The van der Waals surface area contributed by atoms with Crippen LogP contribution in [0.3, 0.4) is 0 Å². The van der Waals surface area contributed by atoms with Crippen LogP contribution in [-0.4, -0.2) is 117 Å². The van der Waals surface area contributed by atoms with Gasteiger partial charge in [-0.15, -0.1) is 0 Å². The molecule has 10 atom stereocenters. The van der Waals surface area contributed by atoms with E-state index >= 15 is 0 Å². The average Bonchev–Trinajstić information content (AvgIpc) is 2.81. The Morgan fingerprint density at radius 1 is 0.750 bits per heavy atom. The molecule has 0 radical (unpaired) electrons. The third-order valence-corrected chi connectivity index (χ3v) is 5.43. The minimum absolute atomic E-state index is 0.0553. The summed E-state index contributed by atoms with van der Waals surface area (Å²) in [6.45, 7) is -1.22. The van der Waals surface area contributed by atoms with Crippen molar-refractivity contribution in [1.82, 2.24) is 0 Å². The molecule has 11 nitrogen and oxygen atoms in total. The van der Waals surface area contributed by atoms with Crippen LogP contribution in [0.25, 0.3) is 6.08 Å². The van der Waals surface area contributed by atoms with E-state index in [-0.39, 0.29) is 6.61 Å². The molecular weight excluding hydrogens is 428 g/mol. The molecule has 2 saturated heterocycles. The van der Waals surface area contributed by atoms with Crippen LogP contribution in [0.5, 0.6) is 0 Å². The van der Waals surface area contributed by atoms with E-state index in [2.05, 4.69) is 0 Å². The van der Waals surface area contributed by atoms with Crippen LogP contribution >= 0.6 is 0 Å². The van der Waals surface area contributed by atoms with E-state index in [4.69, 9.17) is 18.9 Å². The topological polar surface area (TPSA) is 179 Å². The summed E-state index contributed by atoms with van der Waals surface area (Å²) in [5.74, 6) is 0. The molecule has 2 heterocycles. The van der Waals surface area contributed by atoms with Crippen molar-refractivity contribution in [2.24, 2.45) is 0 Å². The summed E-state index contributed by atoms with van der Waals surface area (Å²) >= 11 is 0. The van der Waals surface area contributed by atoms with E-state index in [1.807, 2.05) is 30.3 Å². The van der Waals surface area contributed by atoms with Crippen molar-refractivity contribution in [2.75, 3.05) is 19.8 Å². The van der Waals surface area contributed by atoms with Gasteiger partial charge in [-0.3, -0.25) is 0 Å². The lowest BCUT2D eigenvalue weighted by atomic mass is 9.97. The van der Waals surface area contributed by atoms with Crippen LogP contribution in [0.2, 0.25) is 0 Å². The first-order valence-corrected chi connectivity index (χ1v) is 10.3. The van der Waals surface area contributed by atoms with Crippen molar-refractivity contribution in [1.29, 1.82) is 0 Å². The van der Waals surface area contributed by atoms with Crippen LogP contribution < -0.4 is 0 Å². The predicted octanol–water partition coefficient (Wildman–Crippen LogP) is -2.66. The van der Waals surface area contributed by atoms with Crippen molar-refractivity contribution in [3.05, 3.63) is 42.0 Å². The molecule has 0 spiro atoms. The lowest BCUT2D eigenvalue weighted by molar-refractivity contribution is -0.358. The van der Waals surface area contributed by atoms with Gasteiger partial charge in [0.25, 0.3) is 0 Å². The molecule has 7 N–H and O–H groups in total. The van der Waals surface area contributed by atoms with Gasteiger partial charge in [0.05, 0.1) is 19.8 Å². The lowest BCUT2D eigenvalue weighted by Crippen LogP contribution is -2.64. The van der Waals surface area contributed by atoms with Crippen molar-refractivity contribution >= 4 is 6.08 Å². The molecule has 32 heavy (non-hydrogen) atoms. The summed E-state index contributed by atoms with van der Waals surface area (Å²) in [5.41, 5.74) is 0.947. The van der Waals surface area contributed by atoms with E-state index in [0.29, 0.717) is 0 Å². The molecular formula is C21H30O11. The van der Waals surface area contributed by atoms with Gasteiger partial charge in [0.1, 0.15) is 48.8 Å². The number of aliphatic hydroxyl groups is 7. The van der Waals surface area contributed by atoms with E-state index in [0.717, 1.165) is 5.56 Å². The Labute approximate surface area is 184 Å². The van der Waals surface area contributed by atoms with E-state index in [1.54, 1.807) is 12.2 Å². The zero-order chi connectivity index (χ0) is 23.3. The largest absolute Gasteiger partial charge is 0.394 e. The second kappa shape index (κ2) is 11.6. The zero-order valence-electron chi connectivity index (χ0n) is 17.2. The average molecular weight is 458 g/mol. The minimum Gasteiger partial charge on any atom is -0.394 e. The molecule has 180 valence electrons. The van der Waals surface area contributed by atoms with Crippen molar-refractivity contribution in [3.63, 3.8) is 0 Å². The highest BCUT2D eigenvalue weighted by Gasteiger charge is 2.50. The first kappa shape index (κ1) is 25.1. The van der Waals surface area contributed by atoms with Gasteiger partial charge in [0.2, 0.25) is 0 Å². The van der Waals surface area contributed by atoms with Gasteiger partial charge in [-0.05, 0) is 5.56 Å². The number of aliphatic hydroxyl groups excluding tert-OH is 7. The Bertz CT molecular complexity index is 713. The second-order valence-electron chi connectivity index (χ2n) is 7.65. The van der Waals surface area contributed by atoms with Crippen molar-refractivity contribution in [2.45, 2.75) is 61.4 Å². The Balaban J connectivity index is 1.60. The summed E-state index contributed by atoms with van der Waals surface area (Å²) in [7, 11) is 0. The third kappa shape index (κ3) is 5.71. The van der Waals surface area contributed by atoms with E-state index < -0.39 is 74.6 Å². The van der Waals surface area contributed by atoms with Crippen molar-refractivity contribution < 1.29 is 54.7 Å². The Morgan fingerprint density at radius 2 is 1.38 bits per heavy atom. The van der Waals surface area contributed by atoms with Gasteiger partial charge in [-0.25, -0.2) is 0 Å². The Hall–Kier alpha value is -1.48. The van der Waals surface area contributed by atoms with Gasteiger partial charge in [-0.2, -0.15) is 0 Å². The maximum atomic E-state index is 10.5. The summed E-state index contributed by atoms with van der Waals surface area (Å²) in [4.78, 5) is 0. The maximum absolute atomic E-state index is 10.5. The van der Waals surface area contributed by atoms with Gasteiger partial charge in [-0.1, -0.05) is 42.5 Å². The van der Waals surface area contributed by atoms with Crippen LogP contribution in [-0.2, 0) is 18.9 Å². The normalized spacial score (nSPS) is 40.6. The molecule has 2 aliphatic heterocycles. The molecule has 0 bridgehead atoms. The quantitative estimate of drug-likeness (QED) is 0.216. The zero-order valence-corrected chi connectivity index (χ0v) is 17.2. The van der Waals surface area contributed by atoms with E-state index in [9.17, 15) is 35.7 Å². The first-order valence-electron chi connectivity index (χ1n) is 10.3. The van der Waals surface area contributed by atoms with Crippen molar-refractivity contribution in [3.8, 4) is 0 Å². The number of benzene rings is 1. The van der Waals surface area contributed by atoms with Crippen LogP contribution in [0.4, 0.5) is 0 Å². The van der Waals surface area contributed by atoms with Gasteiger partial charge in [0.15, 0.2) is 12.6 Å². The number of rotatable bonds is 8. The molecule has 2 aliphatic rings. The Morgan fingerprint density at radius 3 is 2.03 bits per heavy atom. The molecule has 1 aromatic carbocycles. The lowest BCUT2D eigenvalue weighted by Gasteiger charge is -2.45. The highest BCUT2D eigenvalue weighted by Crippen LogP contribution is 2.29. The second-order valence-corrected chi connectivity index (χ2v) is 7.65. The fraction of sp³-hybridized carbons (Fsp3) is 0.619. The molecule has 3 rings (SSSR count). The monoisotopic (exact) mass is 458 g/mol. The number of ether oxygens (including phenoxy) is 4. The molecule has 0 aliphatic carbocycles. The van der Waals surface area contributed by atoms with Crippen LogP contribution in [0.1, 0.15) is 5.56 Å². The molecule has 0 saturated carbocycles. The van der Waals surface area contributed by atoms with Gasteiger partial charge < -0.3 is 54.7 Å². The van der Waals surface area contributed by atoms with Gasteiger partial charge >= 0.3 is 0 Å². The summed E-state index contributed by atoms with van der Waals surface area (Å²) < 4.78 is 21.7. The summed E-state index contributed by atoms with van der Waals surface area (Å²) in [6.07, 6.45) is -11.2. The summed E-state index contributed by atoms with van der Waals surface area (Å²) in [5, 5.41) is 69.8. The van der Waals surface area contributed by atoms with Gasteiger partial charge in [0, 0.05) is 0 Å². The maximum Gasteiger partial charge on any atom is 0.187 e. The number of hydrogen-bond acceptors (Lipinski definition) is 11. The predicted molar refractivity (Wildman–Crippen MR) is 108 cm³/mol. The van der Waals surface area contributed by atoms with Crippen LogP contribution in [0, 0.1) is 0 Å². The summed E-state index contributed by atoms with van der Waals surface area (Å²) in [6, 6.07) is 9.45. The standard InChI is InChI=1S/C21H30O11/c22-9-12-14(24)15(25)17(27)21(30-12)32-19-13(10-23)31-20(18(28)16(19)26)29-8-4-7-11-5-2-1-3-6-11/h1-7,12-28H,8-10H2. The number of hydrogen-bond donors (Lipinski definition) is 7.